The van der Waals surface area contributed by atoms with E-state index in [0.717, 1.165) is 19.6 Å². The van der Waals surface area contributed by atoms with Crippen molar-refractivity contribution < 1.29 is 5.11 Å². The lowest BCUT2D eigenvalue weighted by molar-refractivity contribution is -0.00767. The van der Waals surface area contributed by atoms with Crippen LogP contribution in [0.1, 0.15) is 72.7 Å². The Kier molecular flexibility index (Phi) is 4.25. The average molecular weight is 307 g/mol. The highest BCUT2D eigenvalue weighted by atomic mass is 16.3. The molecule has 1 aliphatic rings. The van der Waals surface area contributed by atoms with E-state index in [0.29, 0.717) is 6.04 Å². The summed E-state index contributed by atoms with van der Waals surface area (Å²) in [5.74, 6) is 0. The van der Waals surface area contributed by atoms with Crippen molar-refractivity contribution in [3.05, 3.63) is 17.5 Å². The van der Waals surface area contributed by atoms with Crippen LogP contribution in [-0.4, -0.2) is 45.0 Å². The molecule has 0 spiro atoms. The Bertz CT molecular complexity index is 520. The van der Waals surface area contributed by atoms with Crippen LogP contribution in [-0.2, 0) is 10.8 Å². The fourth-order valence-electron chi connectivity index (χ4n) is 3.31. The summed E-state index contributed by atoms with van der Waals surface area (Å²) in [5.41, 5.74) is 2.26. The van der Waals surface area contributed by atoms with Crippen LogP contribution in [0.3, 0.4) is 0 Å². The second kappa shape index (κ2) is 5.34. The van der Waals surface area contributed by atoms with Crippen molar-refractivity contribution in [1.29, 1.82) is 0 Å². The quantitative estimate of drug-likeness (QED) is 0.933. The molecule has 1 fully saturated rings. The maximum atomic E-state index is 9.94. The van der Waals surface area contributed by atoms with E-state index in [4.69, 9.17) is 5.10 Å². The summed E-state index contributed by atoms with van der Waals surface area (Å²) in [5, 5.41) is 14.7. The van der Waals surface area contributed by atoms with Crippen LogP contribution in [0.15, 0.2) is 6.20 Å². The summed E-state index contributed by atoms with van der Waals surface area (Å²) in [6.07, 6.45) is 2.05. The molecule has 4 nitrogen and oxygen atoms in total. The first kappa shape index (κ1) is 17.5. The van der Waals surface area contributed by atoms with Crippen LogP contribution < -0.4 is 0 Å². The fourth-order valence-corrected chi connectivity index (χ4v) is 3.31. The Morgan fingerprint density at radius 1 is 1.05 bits per heavy atom. The van der Waals surface area contributed by atoms with Crippen molar-refractivity contribution in [1.82, 2.24) is 14.7 Å². The van der Waals surface area contributed by atoms with Gasteiger partial charge < -0.3 is 5.11 Å². The van der Waals surface area contributed by atoms with Crippen LogP contribution in [0, 0.1) is 0 Å². The Morgan fingerprint density at radius 3 is 2.00 bits per heavy atom. The zero-order valence-corrected chi connectivity index (χ0v) is 15.6. The predicted octanol–water partition coefficient (Wildman–Crippen LogP) is 3.11. The molecule has 0 aromatic carbocycles. The van der Waals surface area contributed by atoms with E-state index >= 15 is 0 Å². The average Bonchev–Trinajstić information content (AvgIpc) is 2.64. The second-order valence-electron chi connectivity index (χ2n) is 9.51. The molecule has 0 bridgehead atoms. The Balaban J connectivity index is 2.22. The molecule has 0 radical (unpaired) electrons. The largest absolute Gasteiger partial charge is 0.389 e. The van der Waals surface area contributed by atoms with Gasteiger partial charge in [-0.15, -0.1) is 0 Å². The molecule has 2 heterocycles. The fraction of sp³-hybridized carbons (Fsp3) is 0.833. The summed E-state index contributed by atoms with van der Waals surface area (Å²) in [6.45, 7) is 20.0. The summed E-state index contributed by atoms with van der Waals surface area (Å²) in [4.78, 5) is 2.30. The molecule has 22 heavy (non-hydrogen) atoms. The number of hydrogen-bond donors (Lipinski definition) is 1. The number of likely N-dealkylation sites (tertiary alicyclic amines) is 1. The standard InChI is InChI=1S/C18H33N3O/c1-16(2,3)14-9-19-21(15(14)17(4,5)6)13-10-20(11-13)12-18(7,8)22/h9,13,22H,10-12H2,1-8H3. The van der Waals surface area contributed by atoms with Crippen molar-refractivity contribution in [2.45, 2.75) is 77.9 Å². The molecule has 2 rings (SSSR count). The van der Waals surface area contributed by atoms with E-state index in [-0.39, 0.29) is 10.8 Å². The molecule has 0 aliphatic carbocycles. The monoisotopic (exact) mass is 307 g/mol. The molecule has 4 heteroatoms. The highest BCUT2D eigenvalue weighted by molar-refractivity contribution is 5.31. The van der Waals surface area contributed by atoms with Gasteiger partial charge >= 0.3 is 0 Å². The molecule has 1 aliphatic heterocycles. The zero-order chi connectivity index (χ0) is 16.9. The predicted molar refractivity (Wildman–Crippen MR) is 91.4 cm³/mol. The number of aromatic nitrogens is 2. The third-order valence-electron chi connectivity index (χ3n) is 4.21. The van der Waals surface area contributed by atoms with E-state index in [9.17, 15) is 5.11 Å². The molecule has 0 amide bonds. The lowest BCUT2D eigenvalue weighted by Crippen LogP contribution is -2.53. The van der Waals surface area contributed by atoms with Crippen LogP contribution in [0.5, 0.6) is 0 Å². The normalized spacial score (nSPS) is 18.6. The first-order chi connectivity index (χ1) is 9.79. The van der Waals surface area contributed by atoms with Gasteiger partial charge in [-0.3, -0.25) is 9.58 Å². The molecule has 0 unspecified atom stereocenters. The van der Waals surface area contributed by atoms with E-state index < -0.39 is 5.60 Å². The van der Waals surface area contributed by atoms with Gasteiger partial charge in [-0.1, -0.05) is 41.5 Å². The molecular weight excluding hydrogens is 274 g/mol. The SMILES string of the molecule is CC(C)(O)CN1CC(n2ncc(C(C)(C)C)c2C(C)(C)C)C1. The number of hydrogen-bond acceptors (Lipinski definition) is 3. The minimum absolute atomic E-state index is 0.0791. The van der Waals surface area contributed by atoms with Gasteiger partial charge in [-0.05, 0) is 24.8 Å². The van der Waals surface area contributed by atoms with Crippen molar-refractivity contribution in [3.8, 4) is 0 Å². The molecular formula is C18H33N3O. The van der Waals surface area contributed by atoms with Crippen molar-refractivity contribution in [3.63, 3.8) is 0 Å². The minimum atomic E-state index is -0.626. The van der Waals surface area contributed by atoms with Gasteiger partial charge in [0.1, 0.15) is 0 Å². The highest BCUT2D eigenvalue weighted by Crippen LogP contribution is 2.36. The van der Waals surface area contributed by atoms with Crippen molar-refractivity contribution in [2.24, 2.45) is 0 Å². The Hall–Kier alpha value is -0.870. The Morgan fingerprint density at radius 2 is 1.59 bits per heavy atom. The summed E-state index contributed by atoms with van der Waals surface area (Å²) in [6, 6.07) is 0.424. The maximum Gasteiger partial charge on any atom is 0.0776 e. The van der Waals surface area contributed by atoms with Gasteiger partial charge in [-0.25, -0.2) is 0 Å². The molecule has 0 atom stereocenters. The Labute approximate surface area is 135 Å². The van der Waals surface area contributed by atoms with E-state index in [1.54, 1.807) is 0 Å². The smallest absolute Gasteiger partial charge is 0.0776 e. The summed E-state index contributed by atoms with van der Waals surface area (Å²) >= 11 is 0. The van der Waals surface area contributed by atoms with Gasteiger partial charge in [0, 0.05) is 30.7 Å². The number of nitrogens with zero attached hydrogens (tertiary/aromatic N) is 3. The van der Waals surface area contributed by atoms with Gasteiger partial charge in [0.05, 0.1) is 17.8 Å². The van der Waals surface area contributed by atoms with Gasteiger partial charge in [-0.2, -0.15) is 5.10 Å². The summed E-state index contributed by atoms with van der Waals surface area (Å²) in [7, 11) is 0. The van der Waals surface area contributed by atoms with Crippen molar-refractivity contribution >= 4 is 0 Å². The van der Waals surface area contributed by atoms with Gasteiger partial charge in [0.25, 0.3) is 0 Å². The third-order valence-corrected chi connectivity index (χ3v) is 4.21. The van der Waals surface area contributed by atoms with Crippen LogP contribution in [0.25, 0.3) is 0 Å². The zero-order valence-electron chi connectivity index (χ0n) is 15.6. The van der Waals surface area contributed by atoms with Crippen LogP contribution in [0.2, 0.25) is 0 Å². The lowest BCUT2D eigenvalue weighted by atomic mass is 9.79. The van der Waals surface area contributed by atoms with E-state index in [2.05, 4.69) is 57.3 Å². The molecule has 1 aromatic heterocycles. The molecule has 1 aromatic rings. The molecule has 126 valence electrons. The number of aliphatic hydroxyl groups is 1. The first-order valence-electron chi connectivity index (χ1n) is 8.32. The van der Waals surface area contributed by atoms with Crippen LogP contribution >= 0.6 is 0 Å². The lowest BCUT2D eigenvalue weighted by Gasteiger charge is -2.43. The third kappa shape index (κ3) is 3.72. The van der Waals surface area contributed by atoms with Gasteiger partial charge in [0.2, 0.25) is 0 Å². The van der Waals surface area contributed by atoms with E-state index in [1.165, 1.54) is 11.3 Å². The summed E-state index contributed by atoms with van der Waals surface area (Å²) < 4.78 is 2.24. The first-order valence-corrected chi connectivity index (χ1v) is 8.32. The van der Waals surface area contributed by atoms with E-state index in [1.807, 2.05) is 13.8 Å². The highest BCUT2D eigenvalue weighted by Gasteiger charge is 2.37. The minimum Gasteiger partial charge on any atom is -0.389 e. The molecule has 1 saturated heterocycles. The molecule has 0 saturated carbocycles. The molecule has 1 N–H and O–H groups in total. The second-order valence-corrected chi connectivity index (χ2v) is 9.51. The topological polar surface area (TPSA) is 41.3 Å². The van der Waals surface area contributed by atoms with Crippen LogP contribution in [0.4, 0.5) is 0 Å². The number of β-amino-alcohol motifs (C(OH)–C–C–N with tert-alkyl or cyclic N) is 1. The maximum absolute atomic E-state index is 9.94. The van der Waals surface area contributed by atoms with Gasteiger partial charge in [0.15, 0.2) is 0 Å². The van der Waals surface area contributed by atoms with Crippen molar-refractivity contribution in [2.75, 3.05) is 19.6 Å². The number of rotatable bonds is 3.